The highest BCUT2D eigenvalue weighted by Gasteiger charge is 2.26. The van der Waals surface area contributed by atoms with Crippen molar-refractivity contribution < 1.29 is 4.79 Å². The van der Waals surface area contributed by atoms with Crippen molar-refractivity contribution in [2.24, 2.45) is 0 Å². The van der Waals surface area contributed by atoms with Crippen LogP contribution in [0.25, 0.3) is 0 Å². The van der Waals surface area contributed by atoms with Gasteiger partial charge in [-0.1, -0.05) is 11.6 Å². The quantitative estimate of drug-likeness (QED) is 0.929. The summed E-state index contributed by atoms with van der Waals surface area (Å²) in [4.78, 5) is 16.9. The standard InChI is InChI=1S/C16H24ClN3O/c1-4-18-15-6-5-12(17)11-14(15)16(21)20-9-7-13(8-10-20)19(2)3/h5-6,11,13,18H,4,7-10H2,1-3H3. The Labute approximate surface area is 132 Å². The molecule has 1 fully saturated rings. The first-order valence-electron chi connectivity index (χ1n) is 7.52. The molecule has 4 nitrogen and oxygen atoms in total. The predicted octanol–water partition coefficient (Wildman–Crippen LogP) is 2.94. The molecule has 1 heterocycles. The van der Waals surface area contributed by atoms with Gasteiger partial charge in [0.25, 0.3) is 5.91 Å². The van der Waals surface area contributed by atoms with Crippen molar-refractivity contribution in [2.45, 2.75) is 25.8 Å². The number of amides is 1. The molecule has 0 aliphatic carbocycles. The molecule has 0 aromatic heterocycles. The highest BCUT2D eigenvalue weighted by molar-refractivity contribution is 6.31. The van der Waals surface area contributed by atoms with E-state index in [2.05, 4.69) is 24.3 Å². The van der Waals surface area contributed by atoms with Gasteiger partial charge < -0.3 is 15.1 Å². The number of piperidine rings is 1. The highest BCUT2D eigenvalue weighted by Crippen LogP contribution is 2.24. The molecule has 116 valence electrons. The van der Waals surface area contributed by atoms with Gasteiger partial charge in [-0.05, 0) is 52.1 Å². The lowest BCUT2D eigenvalue weighted by atomic mass is 10.0. The van der Waals surface area contributed by atoms with Crippen LogP contribution in [0.4, 0.5) is 5.69 Å². The number of benzene rings is 1. The van der Waals surface area contributed by atoms with Gasteiger partial charge in [0.15, 0.2) is 0 Å². The minimum Gasteiger partial charge on any atom is -0.385 e. The maximum atomic E-state index is 12.7. The lowest BCUT2D eigenvalue weighted by molar-refractivity contribution is 0.0664. The maximum absolute atomic E-state index is 12.7. The first kappa shape index (κ1) is 16.1. The number of nitrogens with one attached hydrogen (secondary N) is 1. The number of rotatable bonds is 4. The summed E-state index contributed by atoms with van der Waals surface area (Å²) < 4.78 is 0. The van der Waals surface area contributed by atoms with Crippen molar-refractivity contribution in [1.29, 1.82) is 0 Å². The molecule has 1 aliphatic heterocycles. The molecule has 1 N–H and O–H groups in total. The molecule has 1 amide bonds. The van der Waals surface area contributed by atoms with E-state index in [0.717, 1.165) is 38.2 Å². The molecule has 0 radical (unpaired) electrons. The Kier molecular flexibility index (Phi) is 5.48. The first-order valence-corrected chi connectivity index (χ1v) is 7.89. The first-order chi connectivity index (χ1) is 10.0. The zero-order valence-corrected chi connectivity index (χ0v) is 13.8. The van der Waals surface area contributed by atoms with Crippen molar-refractivity contribution in [3.8, 4) is 0 Å². The topological polar surface area (TPSA) is 35.6 Å². The minimum absolute atomic E-state index is 0.0747. The number of halogens is 1. The smallest absolute Gasteiger partial charge is 0.256 e. The fourth-order valence-corrected chi connectivity index (χ4v) is 2.97. The summed E-state index contributed by atoms with van der Waals surface area (Å²) in [6.45, 7) is 4.41. The molecule has 0 spiro atoms. The number of carbonyl (C=O) groups is 1. The van der Waals surface area contributed by atoms with Crippen molar-refractivity contribution in [3.05, 3.63) is 28.8 Å². The summed E-state index contributed by atoms with van der Waals surface area (Å²) in [6, 6.07) is 6.03. The molecule has 2 rings (SSSR count). The molecule has 1 saturated heterocycles. The third-order valence-electron chi connectivity index (χ3n) is 4.06. The molecule has 0 unspecified atom stereocenters. The second-order valence-corrected chi connectivity index (χ2v) is 6.14. The SMILES string of the molecule is CCNc1ccc(Cl)cc1C(=O)N1CCC(N(C)C)CC1. The highest BCUT2D eigenvalue weighted by atomic mass is 35.5. The average Bonchev–Trinajstić information content (AvgIpc) is 2.48. The molecule has 5 heteroatoms. The zero-order chi connectivity index (χ0) is 15.4. The lowest BCUT2D eigenvalue weighted by Gasteiger charge is -2.35. The van der Waals surface area contributed by atoms with Crippen LogP contribution in [0.2, 0.25) is 5.02 Å². The van der Waals surface area contributed by atoms with Crippen LogP contribution in [0, 0.1) is 0 Å². The van der Waals surface area contributed by atoms with E-state index in [0.29, 0.717) is 16.6 Å². The van der Waals surface area contributed by atoms with E-state index < -0.39 is 0 Å². The summed E-state index contributed by atoms with van der Waals surface area (Å²) in [5.74, 6) is 0.0747. The fraction of sp³-hybridized carbons (Fsp3) is 0.562. The number of likely N-dealkylation sites (tertiary alicyclic amines) is 1. The van der Waals surface area contributed by atoms with Gasteiger partial charge in [0.2, 0.25) is 0 Å². The van der Waals surface area contributed by atoms with Crippen LogP contribution in [-0.2, 0) is 0 Å². The van der Waals surface area contributed by atoms with Crippen LogP contribution in [0.1, 0.15) is 30.1 Å². The molecule has 1 aromatic carbocycles. The molecule has 0 atom stereocenters. The lowest BCUT2D eigenvalue weighted by Crippen LogP contribution is -2.44. The Morgan fingerprint density at radius 2 is 2.05 bits per heavy atom. The Hall–Kier alpha value is -1.26. The summed E-state index contributed by atoms with van der Waals surface area (Å²) in [6.07, 6.45) is 2.05. The molecular weight excluding hydrogens is 286 g/mol. The second-order valence-electron chi connectivity index (χ2n) is 5.71. The van der Waals surface area contributed by atoms with Crippen LogP contribution in [0.3, 0.4) is 0 Å². The number of hydrogen-bond donors (Lipinski definition) is 1. The minimum atomic E-state index is 0.0747. The van der Waals surface area contributed by atoms with Crippen LogP contribution in [-0.4, -0.2) is 55.5 Å². The number of hydrogen-bond acceptors (Lipinski definition) is 3. The molecular formula is C16H24ClN3O. The fourth-order valence-electron chi connectivity index (χ4n) is 2.79. The third-order valence-corrected chi connectivity index (χ3v) is 4.30. The Morgan fingerprint density at radius 1 is 1.38 bits per heavy atom. The van der Waals surface area contributed by atoms with Gasteiger partial charge in [-0.15, -0.1) is 0 Å². The van der Waals surface area contributed by atoms with Crippen molar-refractivity contribution in [1.82, 2.24) is 9.80 Å². The van der Waals surface area contributed by atoms with E-state index in [1.165, 1.54) is 0 Å². The van der Waals surface area contributed by atoms with E-state index in [9.17, 15) is 4.79 Å². The molecule has 0 saturated carbocycles. The van der Waals surface area contributed by atoms with Gasteiger partial charge in [-0.3, -0.25) is 4.79 Å². The number of anilines is 1. The average molecular weight is 310 g/mol. The van der Waals surface area contributed by atoms with E-state index in [1.54, 1.807) is 6.07 Å². The molecule has 0 bridgehead atoms. The van der Waals surface area contributed by atoms with Crippen molar-refractivity contribution in [2.75, 3.05) is 39.0 Å². The van der Waals surface area contributed by atoms with Crippen molar-refractivity contribution >= 4 is 23.2 Å². The normalized spacial score (nSPS) is 16.3. The summed E-state index contributed by atoms with van der Waals surface area (Å²) >= 11 is 6.06. The van der Waals surface area contributed by atoms with Crippen LogP contribution < -0.4 is 5.32 Å². The third kappa shape index (κ3) is 3.89. The Balaban J connectivity index is 2.12. The predicted molar refractivity (Wildman–Crippen MR) is 88.2 cm³/mol. The van der Waals surface area contributed by atoms with Gasteiger partial charge in [-0.25, -0.2) is 0 Å². The Morgan fingerprint density at radius 3 is 2.62 bits per heavy atom. The van der Waals surface area contributed by atoms with Gasteiger partial charge in [0.1, 0.15) is 0 Å². The summed E-state index contributed by atoms with van der Waals surface area (Å²) in [5, 5.41) is 3.84. The number of carbonyl (C=O) groups excluding carboxylic acids is 1. The van der Waals surface area contributed by atoms with Crippen LogP contribution in [0.5, 0.6) is 0 Å². The van der Waals surface area contributed by atoms with E-state index in [-0.39, 0.29) is 5.91 Å². The molecule has 1 aliphatic rings. The second kappa shape index (κ2) is 7.14. The van der Waals surface area contributed by atoms with Crippen LogP contribution >= 0.6 is 11.6 Å². The van der Waals surface area contributed by atoms with E-state index >= 15 is 0 Å². The van der Waals surface area contributed by atoms with Gasteiger partial charge >= 0.3 is 0 Å². The van der Waals surface area contributed by atoms with Crippen LogP contribution in [0.15, 0.2) is 18.2 Å². The van der Waals surface area contributed by atoms with Gasteiger partial charge in [-0.2, -0.15) is 0 Å². The maximum Gasteiger partial charge on any atom is 0.256 e. The largest absolute Gasteiger partial charge is 0.385 e. The zero-order valence-electron chi connectivity index (χ0n) is 13.0. The molecule has 21 heavy (non-hydrogen) atoms. The molecule has 1 aromatic rings. The van der Waals surface area contributed by atoms with E-state index in [1.807, 2.05) is 24.0 Å². The monoisotopic (exact) mass is 309 g/mol. The summed E-state index contributed by atoms with van der Waals surface area (Å²) in [7, 11) is 4.20. The number of nitrogens with zero attached hydrogens (tertiary/aromatic N) is 2. The van der Waals surface area contributed by atoms with Gasteiger partial charge in [0.05, 0.1) is 5.56 Å². The van der Waals surface area contributed by atoms with Gasteiger partial charge in [0, 0.05) is 36.4 Å². The van der Waals surface area contributed by atoms with Crippen molar-refractivity contribution in [3.63, 3.8) is 0 Å². The summed E-state index contributed by atoms with van der Waals surface area (Å²) in [5.41, 5.74) is 1.54. The van der Waals surface area contributed by atoms with E-state index in [4.69, 9.17) is 11.6 Å². The Bertz CT molecular complexity index is 496.